The maximum absolute atomic E-state index is 13.8. The van der Waals surface area contributed by atoms with Crippen molar-refractivity contribution in [3.05, 3.63) is 42.5 Å². The van der Waals surface area contributed by atoms with Gasteiger partial charge in [-0.15, -0.1) is 0 Å². The topological polar surface area (TPSA) is 141 Å². The lowest BCUT2D eigenvalue weighted by Gasteiger charge is -2.26. The number of rotatable bonds is 13. The van der Waals surface area contributed by atoms with Gasteiger partial charge in [-0.25, -0.2) is 8.42 Å². The standard InChI is InChI=1S/C24H34N2O5S/c1-3-16(4-2)9-7-14-21(23(26)24(29)19(25)15-22(27)28)32(30,31)20-13-8-11-17-10-5-6-12-18(17)20/h5-6,8,10-13,16,19,21,23H,3-4,7,9,14-15,25-26H2,1-2H3,(H,27,28)/t19-,21?,23?/m0/s1. The predicted octanol–water partition coefficient (Wildman–Crippen LogP) is 3.29. The van der Waals surface area contributed by atoms with Crippen molar-refractivity contribution < 1.29 is 23.1 Å². The Morgan fingerprint density at radius 2 is 1.59 bits per heavy atom. The van der Waals surface area contributed by atoms with Crippen LogP contribution in [0.25, 0.3) is 10.8 Å². The summed E-state index contributed by atoms with van der Waals surface area (Å²) in [6, 6.07) is 9.40. The van der Waals surface area contributed by atoms with Crippen molar-refractivity contribution in [1.29, 1.82) is 0 Å². The summed E-state index contributed by atoms with van der Waals surface area (Å²) in [5.74, 6) is -1.51. The van der Waals surface area contributed by atoms with Crippen LogP contribution in [-0.2, 0) is 19.4 Å². The minimum absolute atomic E-state index is 0.123. The van der Waals surface area contributed by atoms with Crippen molar-refractivity contribution in [3.8, 4) is 0 Å². The van der Waals surface area contributed by atoms with E-state index in [1.54, 1.807) is 18.2 Å². The number of Topliss-reactive ketones (excluding diaryl/α,β-unsaturated/α-hetero) is 1. The van der Waals surface area contributed by atoms with Crippen molar-refractivity contribution in [1.82, 2.24) is 0 Å². The van der Waals surface area contributed by atoms with Crippen LogP contribution in [0.5, 0.6) is 0 Å². The Hall–Kier alpha value is -2.29. The number of aliphatic carboxylic acids is 1. The molecule has 0 aliphatic carbocycles. The number of carbonyl (C=O) groups is 2. The number of ketones is 1. The van der Waals surface area contributed by atoms with E-state index in [1.807, 2.05) is 18.2 Å². The number of sulfone groups is 1. The normalized spacial score (nSPS) is 14.9. The third kappa shape index (κ3) is 6.15. The number of hydrogen-bond donors (Lipinski definition) is 3. The predicted molar refractivity (Wildman–Crippen MR) is 126 cm³/mol. The number of carbonyl (C=O) groups excluding carboxylic acids is 1. The molecule has 0 heterocycles. The number of carboxylic acids is 1. The highest BCUT2D eigenvalue weighted by Gasteiger charge is 2.39. The van der Waals surface area contributed by atoms with Gasteiger partial charge in [0.15, 0.2) is 15.6 Å². The summed E-state index contributed by atoms with van der Waals surface area (Å²) in [5, 5.41) is 9.12. The molecule has 5 N–H and O–H groups in total. The first-order valence-corrected chi connectivity index (χ1v) is 12.7. The van der Waals surface area contributed by atoms with E-state index in [4.69, 9.17) is 16.6 Å². The summed E-state index contributed by atoms with van der Waals surface area (Å²) in [7, 11) is -3.99. The minimum atomic E-state index is -3.99. The molecule has 0 aromatic heterocycles. The molecular formula is C24H34N2O5S. The third-order valence-corrected chi connectivity index (χ3v) is 8.49. The van der Waals surface area contributed by atoms with Crippen LogP contribution in [0.2, 0.25) is 0 Å². The lowest BCUT2D eigenvalue weighted by Crippen LogP contribution is -2.52. The first-order valence-electron chi connectivity index (χ1n) is 11.1. The molecular weight excluding hydrogens is 428 g/mol. The average Bonchev–Trinajstić information content (AvgIpc) is 2.77. The van der Waals surface area contributed by atoms with Crippen LogP contribution in [0.1, 0.15) is 52.4 Å². The van der Waals surface area contributed by atoms with Crippen LogP contribution < -0.4 is 11.5 Å². The van der Waals surface area contributed by atoms with E-state index < -0.39 is 45.3 Å². The Balaban J connectivity index is 2.43. The number of hydrogen-bond acceptors (Lipinski definition) is 6. The number of fused-ring (bicyclic) bond motifs is 1. The third-order valence-electron chi connectivity index (χ3n) is 6.20. The molecule has 0 saturated carbocycles. The van der Waals surface area contributed by atoms with Crippen LogP contribution in [-0.4, -0.2) is 42.6 Å². The highest BCUT2D eigenvalue weighted by atomic mass is 32.2. The van der Waals surface area contributed by atoms with Crippen LogP contribution in [0, 0.1) is 5.92 Å². The van der Waals surface area contributed by atoms with Crippen LogP contribution in [0.4, 0.5) is 0 Å². The van der Waals surface area contributed by atoms with E-state index >= 15 is 0 Å². The number of benzene rings is 2. The molecule has 0 radical (unpaired) electrons. The van der Waals surface area contributed by atoms with Crippen molar-refractivity contribution in [2.45, 2.75) is 74.6 Å². The van der Waals surface area contributed by atoms with Crippen LogP contribution in [0.15, 0.2) is 47.4 Å². The molecule has 0 fully saturated rings. The number of carboxylic acid groups (broad SMARTS) is 1. The summed E-state index contributed by atoms with van der Waals surface area (Å²) < 4.78 is 27.5. The summed E-state index contributed by atoms with van der Waals surface area (Å²) in [4.78, 5) is 23.9. The smallest absolute Gasteiger partial charge is 0.305 e. The fourth-order valence-corrected chi connectivity index (χ4v) is 6.24. The van der Waals surface area contributed by atoms with Crippen LogP contribution >= 0.6 is 0 Å². The van der Waals surface area contributed by atoms with Crippen molar-refractivity contribution in [3.63, 3.8) is 0 Å². The van der Waals surface area contributed by atoms with Crippen LogP contribution in [0.3, 0.4) is 0 Å². The van der Waals surface area contributed by atoms with Gasteiger partial charge in [0.2, 0.25) is 0 Å². The van der Waals surface area contributed by atoms with Gasteiger partial charge in [0.1, 0.15) is 0 Å². The van der Waals surface area contributed by atoms with E-state index in [0.717, 1.165) is 24.6 Å². The fourth-order valence-electron chi connectivity index (χ4n) is 4.16. The molecule has 2 unspecified atom stereocenters. The van der Waals surface area contributed by atoms with Crippen molar-refractivity contribution in [2.24, 2.45) is 17.4 Å². The maximum atomic E-state index is 13.8. The quantitative estimate of drug-likeness (QED) is 0.415. The van der Waals surface area contributed by atoms with Gasteiger partial charge in [-0.2, -0.15) is 0 Å². The molecule has 0 saturated heterocycles. The molecule has 3 atom stereocenters. The summed E-state index contributed by atoms with van der Waals surface area (Å²) >= 11 is 0. The summed E-state index contributed by atoms with van der Waals surface area (Å²) in [6.45, 7) is 4.19. The molecule has 0 bridgehead atoms. The maximum Gasteiger partial charge on any atom is 0.305 e. The first kappa shape index (κ1) is 26.0. The molecule has 2 aromatic rings. The van der Waals surface area contributed by atoms with Crippen molar-refractivity contribution in [2.75, 3.05) is 0 Å². The Kier molecular flexibility index (Phi) is 9.36. The summed E-state index contributed by atoms with van der Waals surface area (Å²) in [6.07, 6.45) is 3.01. The van der Waals surface area contributed by atoms with E-state index in [2.05, 4.69) is 13.8 Å². The van der Waals surface area contributed by atoms with Gasteiger partial charge < -0.3 is 16.6 Å². The Labute approximate surface area is 190 Å². The number of nitrogens with two attached hydrogens (primary N) is 2. The molecule has 2 aromatic carbocycles. The van der Waals surface area contributed by atoms with Gasteiger partial charge in [0.25, 0.3) is 0 Å². The van der Waals surface area contributed by atoms with E-state index in [9.17, 15) is 18.0 Å². The molecule has 32 heavy (non-hydrogen) atoms. The Morgan fingerprint density at radius 3 is 2.22 bits per heavy atom. The highest BCUT2D eigenvalue weighted by molar-refractivity contribution is 7.92. The monoisotopic (exact) mass is 462 g/mol. The first-order chi connectivity index (χ1) is 15.1. The SMILES string of the molecule is CCC(CC)CCCC(C(N)C(=O)[C@@H](N)CC(=O)O)S(=O)(=O)c1cccc2ccccc12. The zero-order valence-corrected chi connectivity index (χ0v) is 19.6. The Morgan fingerprint density at radius 1 is 0.969 bits per heavy atom. The van der Waals surface area contributed by atoms with Gasteiger partial charge >= 0.3 is 5.97 Å². The van der Waals surface area contributed by atoms with Gasteiger partial charge in [-0.1, -0.05) is 75.9 Å². The fraction of sp³-hybridized carbons (Fsp3) is 0.500. The zero-order chi connectivity index (χ0) is 23.9. The largest absolute Gasteiger partial charge is 0.481 e. The second-order valence-electron chi connectivity index (χ2n) is 8.31. The molecule has 2 rings (SSSR count). The van der Waals surface area contributed by atoms with Crippen molar-refractivity contribution >= 4 is 32.4 Å². The zero-order valence-electron chi connectivity index (χ0n) is 18.7. The molecule has 8 heteroatoms. The second-order valence-corrected chi connectivity index (χ2v) is 10.4. The van der Waals surface area contributed by atoms with E-state index in [-0.39, 0.29) is 11.3 Å². The van der Waals surface area contributed by atoms with E-state index in [1.165, 1.54) is 6.07 Å². The minimum Gasteiger partial charge on any atom is -0.481 e. The lowest BCUT2D eigenvalue weighted by molar-refractivity contribution is -0.139. The highest BCUT2D eigenvalue weighted by Crippen LogP contribution is 2.30. The molecule has 7 nitrogen and oxygen atoms in total. The molecule has 0 amide bonds. The Bertz CT molecular complexity index is 1030. The summed E-state index contributed by atoms with van der Waals surface area (Å²) in [5.41, 5.74) is 11.9. The van der Waals surface area contributed by atoms with Gasteiger partial charge in [-0.05, 0) is 23.8 Å². The van der Waals surface area contributed by atoms with Gasteiger partial charge in [0, 0.05) is 5.39 Å². The molecule has 0 aliphatic heterocycles. The lowest BCUT2D eigenvalue weighted by atomic mass is 9.93. The molecule has 0 spiro atoms. The van der Waals surface area contributed by atoms with E-state index in [0.29, 0.717) is 17.7 Å². The molecule has 176 valence electrons. The average molecular weight is 463 g/mol. The van der Waals surface area contributed by atoms with Gasteiger partial charge in [-0.3, -0.25) is 9.59 Å². The van der Waals surface area contributed by atoms with Gasteiger partial charge in [0.05, 0.1) is 28.6 Å². The second kappa shape index (κ2) is 11.5. The molecule has 0 aliphatic rings.